The maximum absolute atomic E-state index is 11.5. The van der Waals surface area contributed by atoms with Gasteiger partial charge in [0.1, 0.15) is 0 Å². The first-order valence-electron chi connectivity index (χ1n) is 8.99. The van der Waals surface area contributed by atoms with E-state index in [9.17, 15) is 4.79 Å². The van der Waals surface area contributed by atoms with E-state index in [4.69, 9.17) is 0 Å². The number of hydrogen-bond donors (Lipinski definition) is 1. The van der Waals surface area contributed by atoms with Gasteiger partial charge in [-0.3, -0.25) is 4.79 Å². The Bertz CT molecular complexity index is 531. The predicted molar refractivity (Wildman–Crippen MR) is 96.0 cm³/mol. The molecule has 1 aromatic rings. The van der Waals surface area contributed by atoms with E-state index in [0.717, 1.165) is 25.9 Å². The molecule has 0 bridgehead atoms. The number of para-hydroxylation sites is 2. The molecule has 3 rings (SSSR count). The molecular weight excluding hydrogens is 286 g/mol. The molecule has 2 fully saturated rings. The van der Waals surface area contributed by atoms with Gasteiger partial charge in [0.15, 0.2) is 0 Å². The SMILES string of the molecule is CC(=O)N1CCC(Nc2ccccc2N(C)C2CCCC2)CC1. The van der Waals surface area contributed by atoms with Crippen LogP contribution in [0.1, 0.15) is 45.4 Å². The number of likely N-dealkylation sites (tertiary alicyclic amines) is 1. The summed E-state index contributed by atoms with van der Waals surface area (Å²) in [5, 5.41) is 3.73. The molecule has 1 N–H and O–H groups in total. The lowest BCUT2D eigenvalue weighted by Gasteiger charge is -2.34. The number of anilines is 2. The Hall–Kier alpha value is -1.71. The van der Waals surface area contributed by atoms with Crippen molar-refractivity contribution in [3.05, 3.63) is 24.3 Å². The maximum atomic E-state index is 11.5. The second kappa shape index (κ2) is 7.24. The van der Waals surface area contributed by atoms with E-state index in [1.54, 1.807) is 6.92 Å². The van der Waals surface area contributed by atoms with E-state index in [2.05, 4.69) is 41.5 Å². The van der Waals surface area contributed by atoms with Gasteiger partial charge in [-0.2, -0.15) is 0 Å². The zero-order valence-electron chi connectivity index (χ0n) is 14.4. The van der Waals surface area contributed by atoms with Gasteiger partial charge in [-0.05, 0) is 37.8 Å². The molecule has 0 spiro atoms. The molecule has 1 amide bonds. The van der Waals surface area contributed by atoms with Gasteiger partial charge >= 0.3 is 0 Å². The van der Waals surface area contributed by atoms with Gasteiger partial charge in [0, 0.05) is 39.1 Å². The van der Waals surface area contributed by atoms with E-state index < -0.39 is 0 Å². The van der Waals surface area contributed by atoms with Crippen molar-refractivity contribution in [1.82, 2.24) is 4.90 Å². The minimum atomic E-state index is 0.199. The van der Waals surface area contributed by atoms with Gasteiger partial charge in [-0.1, -0.05) is 25.0 Å². The molecule has 1 aliphatic carbocycles. The first-order valence-corrected chi connectivity index (χ1v) is 8.99. The zero-order valence-corrected chi connectivity index (χ0v) is 14.4. The van der Waals surface area contributed by atoms with Crippen LogP contribution < -0.4 is 10.2 Å². The summed E-state index contributed by atoms with van der Waals surface area (Å²) in [6.45, 7) is 3.40. The zero-order chi connectivity index (χ0) is 16.2. The van der Waals surface area contributed by atoms with Crippen LogP contribution in [0.5, 0.6) is 0 Å². The van der Waals surface area contributed by atoms with Crippen molar-refractivity contribution in [1.29, 1.82) is 0 Å². The molecule has 1 saturated carbocycles. The number of rotatable bonds is 4. The fraction of sp³-hybridized carbons (Fsp3) is 0.632. The lowest BCUT2D eigenvalue weighted by atomic mass is 10.0. The van der Waals surface area contributed by atoms with Gasteiger partial charge in [0.2, 0.25) is 5.91 Å². The van der Waals surface area contributed by atoms with Gasteiger partial charge in [-0.25, -0.2) is 0 Å². The second-order valence-electron chi connectivity index (χ2n) is 6.99. The highest BCUT2D eigenvalue weighted by molar-refractivity contribution is 5.73. The fourth-order valence-corrected chi connectivity index (χ4v) is 3.95. The number of benzene rings is 1. The van der Waals surface area contributed by atoms with Crippen molar-refractivity contribution in [2.45, 2.75) is 57.5 Å². The quantitative estimate of drug-likeness (QED) is 0.924. The Morgan fingerprint density at radius 2 is 1.78 bits per heavy atom. The highest BCUT2D eigenvalue weighted by Gasteiger charge is 2.24. The van der Waals surface area contributed by atoms with Crippen molar-refractivity contribution in [3.63, 3.8) is 0 Å². The number of piperidine rings is 1. The molecule has 0 radical (unpaired) electrons. The normalized spacial score (nSPS) is 19.8. The van der Waals surface area contributed by atoms with Gasteiger partial charge < -0.3 is 15.1 Å². The van der Waals surface area contributed by atoms with Crippen molar-refractivity contribution >= 4 is 17.3 Å². The average molecular weight is 315 g/mol. The van der Waals surface area contributed by atoms with Gasteiger partial charge in [0.25, 0.3) is 0 Å². The molecule has 0 atom stereocenters. The minimum Gasteiger partial charge on any atom is -0.381 e. The van der Waals surface area contributed by atoms with E-state index in [-0.39, 0.29) is 5.91 Å². The van der Waals surface area contributed by atoms with Crippen LogP contribution >= 0.6 is 0 Å². The summed E-state index contributed by atoms with van der Waals surface area (Å²) < 4.78 is 0. The molecule has 126 valence electrons. The van der Waals surface area contributed by atoms with Crippen molar-refractivity contribution in [2.24, 2.45) is 0 Å². The molecule has 0 aromatic heterocycles. The van der Waals surface area contributed by atoms with Crippen LogP contribution in [0.2, 0.25) is 0 Å². The Balaban J connectivity index is 1.65. The van der Waals surface area contributed by atoms with Crippen LogP contribution in [-0.2, 0) is 4.79 Å². The van der Waals surface area contributed by atoms with E-state index in [1.807, 2.05) is 4.90 Å². The Kier molecular flexibility index (Phi) is 5.09. The summed E-state index contributed by atoms with van der Waals surface area (Å²) in [7, 11) is 2.23. The number of nitrogens with zero attached hydrogens (tertiary/aromatic N) is 2. The number of hydrogen-bond acceptors (Lipinski definition) is 3. The number of nitrogens with one attached hydrogen (secondary N) is 1. The summed E-state index contributed by atoms with van der Waals surface area (Å²) in [6, 6.07) is 9.80. The van der Waals surface area contributed by atoms with E-state index in [1.165, 1.54) is 37.1 Å². The van der Waals surface area contributed by atoms with Crippen molar-refractivity contribution in [2.75, 3.05) is 30.4 Å². The highest BCUT2D eigenvalue weighted by atomic mass is 16.2. The van der Waals surface area contributed by atoms with Crippen LogP contribution in [0.25, 0.3) is 0 Å². The molecule has 4 heteroatoms. The van der Waals surface area contributed by atoms with E-state index >= 15 is 0 Å². The van der Waals surface area contributed by atoms with E-state index in [0.29, 0.717) is 12.1 Å². The largest absolute Gasteiger partial charge is 0.381 e. The molecule has 1 heterocycles. The fourth-order valence-electron chi connectivity index (χ4n) is 3.95. The predicted octanol–water partition coefficient (Wildman–Crippen LogP) is 3.49. The molecule has 2 aliphatic rings. The lowest BCUT2D eigenvalue weighted by molar-refractivity contribution is -0.129. The van der Waals surface area contributed by atoms with Crippen LogP contribution in [0.3, 0.4) is 0 Å². The van der Waals surface area contributed by atoms with Gasteiger partial charge in [0.05, 0.1) is 11.4 Å². The molecule has 1 aliphatic heterocycles. The topological polar surface area (TPSA) is 35.6 Å². The Morgan fingerprint density at radius 3 is 2.43 bits per heavy atom. The minimum absolute atomic E-state index is 0.199. The standard InChI is InChI=1S/C19H29N3O/c1-15(23)22-13-11-16(12-14-22)20-18-9-5-6-10-19(18)21(2)17-7-3-4-8-17/h5-6,9-10,16-17,20H,3-4,7-8,11-14H2,1-2H3. The van der Waals surface area contributed by atoms with Crippen LogP contribution in [0.15, 0.2) is 24.3 Å². The van der Waals surface area contributed by atoms with Crippen LogP contribution in [0.4, 0.5) is 11.4 Å². The molecule has 0 unspecified atom stereocenters. The number of carbonyl (C=O) groups excluding carboxylic acids is 1. The third-order valence-electron chi connectivity index (χ3n) is 5.46. The maximum Gasteiger partial charge on any atom is 0.219 e. The lowest BCUT2D eigenvalue weighted by Crippen LogP contribution is -2.41. The summed E-state index contributed by atoms with van der Waals surface area (Å²) in [6.07, 6.45) is 7.38. The average Bonchev–Trinajstić information content (AvgIpc) is 3.10. The third-order valence-corrected chi connectivity index (χ3v) is 5.46. The third kappa shape index (κ3) is 3.80. The van der Waals surface area contributed by atoms with Gasteiger partial charge in [-0.15, -0.1) is 0 Å². The summed E-state index contributed by atoms with van der Waals surface area (Å²) in [4.78, 5) is 15.9. The van der Waals surface area contributed by atoms with Crippen molar-refractivity contribution in [3.8, 4) is 0 Å². The summed E-state index contributed by atoms with van der Waals surface area (Å²) in [5.74, 6) is 0.199. The molecular formula is C19H29N3O. The Morgan fingerprint density at radius 1 is 1.13 bits per heavy atom. The van der Waals surface area contributed by atoms with Crippen LogP contribution in [-0.4, -0.2) is 43.0 Å². The molecule has 1 aromatic carbocycles. The number of carbonyl (C=O) groups is 1. The molecule has 4 nitrogen and oxygen atoms in total. The Labute approximate surface area is 139 Å². The smallest absolute Gasteiger partial charge is 0.219 e. The second-order valence-corrected chi connectivity index (χ2v) is 6.99. The monoisotopic (exact) mass is 315 g/mol. The summed E-state index contributed by atoms with van der Waals surface area (Å²) in [5.41, 5.74) is 2.55. The van der Waals surface area contributed by atoms with Crippen molar-refractivity contribution < 1.29 is 4.79 Å². The number of amides is 1. The summed E-state index contributed by atoms with van der Waals surface area (Å²) >= 11 is 0. The molecule has 23 heavy (non-hydrogen) atoms. The van der Waals surface area contributed by atoms with Crippen LogP contribution in [0, 0.1) is 0 Å². The first kappa shape index (κ1) is 16.2. The first-order chi connectivity index (χ1) is 11.1. The highest BCUT2D eigenvalue weighted by Crippen LogP contribution is 2.32. The molecule has 1 saturated heterocycles.